The maximum Gasteiger partial charge on any atom is 0.241 e. The lowest BCUT2D eigenvalue weighted by Gasteiger charge is -2.29. The van der Waals surface area contributed by atoms with Gasteiger partial charge in [-0.25, -0.2) is 0 Å². The lowest BCUT2D eigenvalue weighted by Crippen LogP contribution is -2.43. The van der Waals surface area contributed by atoms with E-state index in [2.05, 4.69) is 15.0 Å². The van der Waals surface area contributed by atoms with Crippen LogP contribution in [0.25, 0.3) is 10.7 Å². The Kier molecular flexibility index (Phi) is 5.74. The third-order valence-corrected chi connectivity index (χ3v) is 4.58. The van der Waals surface area contributed by atoms with Crippen LogP contribution in [0.4, 0.5) is 0 Å². The first-order chi connectivity index (χ1) is 11.2. The number of nitrogens with zero attached hydrogens (tertiary/aromatic N) is 4. The Morgan fingerprint density at radius 2 is 2.26 bits per heavy atom. The zero-order valence-electron chi connectivity index (χ0n) is 13.2. The normalized spacial score (nSPS) is 17.7. The van der Waals surface area contributed by atoms with Gasteiger partial charge < -0.3 is 14.4 Å². The Balaban J connectivity index is 1.46. The van der Waals surface area contributed by atoms with E-state index in [0.29, 0.717) is 31.3 Å². The largest absolute Gasteiger partial charge is 0.390 e. The average Bonchev–Trinajstić information content (AvgIpc) is 3.18. The van der Waals surface area contributed by atoms with Crippen LogP contribution in [0, 0.1) is 0 Å². The molecule has 0 aromatic carbocycles. The monoisotopic (exact) mass is 338 g/mol. The minimum absolute atomic E-state index is 0.405. The molecular formula is C15H22N4O3S. The molecule has 23 heavy (non-hydrogen) atoms. The van der Waals surface area contributed by atoms with Gasteiger partial charge in [0.2, 0.25) is 11.7 Å². The molecule has 8 heteroatoms. The molecule has 0 amide bonds. The van der Waals surface area contributed by atoms with Crippen LogP contribution in [0.5, 0.6) is 0 Å². The van der Waals surface area contributed by atoms with Crippen molar-refractivity contribution in [1.29, 1.82) is 0 Å². The van der Waals surface area contributed by atoms with Crippen molar-refractivity contribution in [3.63, 3.8) is 0 Å². The Morgan fingerprint density at radius 3 is 3.00 bits per heavy atom. The van der Waals surface area contributed by atoms with Crippen molar-refractivity contribution < 1.29 is 14.4 Å². The van der Waals surface area contributed by atoms with E-state index in [4.69, 9.17) is 9.26 Å². The Bertz CT molecular complexity index is 583. The molecule has 3 rings (SSSR count). The van der Waals surface area contributed by atoms with Crippen molar-refractivity contribution in [3.8, 4) is 10.7 Å². The van der Waals surface area contributed by atoms with Crippen LogP contribution in [0.2, 0.25) is 0 Å². The SMILES string of the molecule is CN(Cc1nc(-c2cccs2)no1)CC(O)CN1CCOCC1. The molecule has 126 valence electrons. The number of ether oxygens (including phenoxy) is 1. The van der Waals surface area contributed by atoms with Gasteiger partial charge >= 0.3 is 0 Å². The van der Waals surface area contributed by atoms with E-state index >= 15 is 0 Å². The second kappa shape index (κ2) is 7.98. The molecule has 0 radical (unpaired) electrons. The number of thiophene rings is 1. The van der Waals surface area contributed by atoms with Crippen molar-refractivity contribution in [2.24, 2.45) is 0 Å². The summed E-state index contributed by atoms with van der Waals surface area (Å²) in [6, 6.07) is 3.93. The molecule has 1 N–H and O–H groups in total. The summed E-state index contributed by atoms with van der Waals surface area (Å²) in [5, 5.41) is 16.2. The quantitative estimate of drug-likeness (QED) is 0.805. The number of likely N-dealkylation sites (N-methyl/N-ethyl adjacent to an activating group) is 1. The number of hydrogen-bond acceptors (Lipinski definition) is 8. The lowest BCUT2D eigenvalue weighted by atomic mass is 10.3. The lowest BCUT2D eigenvalue weighted by molar-refractivity contribution is 0.00773. The first kappa shape index (κ1) is 16.5. The van der Waals surface area contributed by atoms with Gasteiger partial charge in [0.25, 0.3) is 0 Å². The van der Waals surface area contributed by atoms with Gasteiger partial charge in [-0.15, -0.1) is 11.3 Å². The zero-order valence-corrected chi connectivity index (χ0v) is 14.0. The Labute approximate surface area is 139 Å². The van der Waals surface area contributed by atoms with Gasteiger partial charge in [-0.05, 0) is 18.5 Å². The molecular weight excluding hydrogens is 316 g/mol. The topological polar surface area (TPSA) is 74.9 Å². The van der Waals surface area contributed by atoms with Gasteiger partial charge in [0, 0.05) is 26.2 Å². The van der Waals surface area contributed by atoms with E-state index in [9.17, 15) is 5.11 Å². The van der Waals surface area contributed by atoms with Gasteiger partial charge in [-0.1, -0.05) is 11.2 Å². The van der Waals surface area contributed by atoms with Crippen LogP contribution < -0.4 is 0 Å². The van der Waals surface area contributed by atoms with Crippen molar-refractivity contribution in [1.82, 2.24) is 19.9 Å². The molecule has 0 saturated carbocycles. The highest BCUT2D eigenvalue weighted by Gasteiger charge is 2.17. The summed E-state index contributed by atoms with van der Waals surface area (Å²) in [6.45, 7) is 5.01. The van der Waals surface area contributed by atoms with Crippen LogP contribution in [0.15, 0.2) is 22.0 Å². The fourth-order valence-corrected chi connectivity index (χ4v) is 3.27. The van der Waals surface area contributed by atoms with E-state index in [1.165, 1.54) is 0 Å². The fourth-order valence-electron chi connectivity index (χ4n) is 2.62. The van der Waals surface area contributed by atoms with Crippen LogP contribution in [0.1, 0.15) is 5.89 Å². The van der Waals surface area contributed by atoms with Crippen molar-refractivity contribution in [2.75, 3.05) is 46.4 Å². The molecule has 0 bridgehead atoms. The number of rotatable bonds is 7. The van der Waals surface area contributed by atoms with Crippen LogP contribution >= 0.6 is 11.3 Å². The molecule has 1 atom stereocenters. The molecule has 1 saturated heterocycles. The van der Waals surface area contributed by atoms with Crippen LogP contribution in [-0.2, 0) is 11.3 Å². The average molecular weight is 338 g/mol. The van der Waals surface area contributed by atoms with Gasteiger partial charge in [0.05, 0.1) is 30.7 Å². The van der Waals surface area contributed by atoms with Crippen molar-refractivity contribution in [3.05, 3.63) is 23.4 Å². The second-order valence-electron chi connectivity index (χ2n) is 5.75. The summed E-state index contributed by atoms with van der Waals surface area (Å²) in [5.41, 5.74) is 0. The molecule has 1 aliphatic heterocycles. The summed E-state index contributed by atoms with van der Waals surface area (Å²) in [4.78, 5) is 9.62. The molecule has 0 aliphatic carbocycles. The standard InChI is InChI=1S/C15H22N4O3S/c1-18(9-12(20)10-19-4-6-21-7-5-19)11-14-16-15(17-22-14)13-3-2-8-23-13/h2-3,8,12,20H,4-7,9-11H2,1H3. The van der Waals surface area contributed by atoms with Crippen molar-refractivity contribution >= 4 is 11.3 Å². The highest BCUT2D eigenvalue weighted by molar-refractivity contribution is 7.13. The molecule has 3 heterocycles. The van der Waals surface area contributed by atoms with Gasteiger partial charge in [-0.2, -0.15) is 4.98 Å². The van der Waals surface area contributed by atoms with Gasteiger partial charge in [0.15, 0.2) is 0 Å². The summed E-state index contributed by atoms with van der Waals surface area (Å²) >= 11 is 1.58. The second-order valence-corrected chi connectivity index (χ2v) is 6.70. The van der Waals surface area contributed by atoms with Crippen LogP contribution in [-0.4, -0.2) is 77.6 Å². The summed E-state index contributed by atoms with van der Waals surface area (Å²) < 4.78 is 10.6. The zero-order chi connectivity index (χ0) is 16.1. The minimum Gasteiger partial charge on any atom is -0.390 e. The Hall–Kier alpha value is -1.32. The summed E-state index contributed by atoms with van der Waals surface area (Å²) in [6.07, 6.45) is -0.405. The number of aromatic nitrogens is 2. The van der Waals surface area contributed by atoms with Gasteiger partial charge in [0.1, 0.15) is 0 Å². The predicted molar refractivity (Wildman–Crippen MR) is 87.2 cm³/mol. The molecule has 2 aromatic rings. The fraction of sp³-hybridized carbons (Fsp3) is 0.600. The smallest absolute Gasteiger partial charge is 0.241 e. The molecule has 2 aromatic heterocycles. The predicted octanol–water partition coefficient (Wildman–Crippen LogP) is 0.923. The minimum atomic E-state index is -0.405. The number of β-amino-alcohol motifs (C(OH)–C–C–N with tert-alkyl or cyclic N) is 1. The van der Waals surface area contributed by atoms with E-state index in [0.717, 1.165) is 31.2 Å². The molecule has 1 unspecified atom stereocenters. The molecule has 1 fully saturated rings. The third-order valence-electron chi connectivity index (χ3n) is 3.71. The highest BCUT2D eigenvalue weighted by Crippen LogP contribution is 2.21. The first-order valence-electron chi connectivity index (χ1n) is 7.74. The summed E-state index contributed by atoms with van der Waals surface area (Å²) in [7, 11) is 1.94. The Morgan fingerprint density at radius 1 is 1.43 bits per heavy atom. The molecule has 1 aliphatic rings. The highest BCUT2D eigenvalue weighted by atomic mass is 32.1. The molecule has 7 nitrogen and oxygen atoms in total. The maximum absolute atomic E-state index is 10.2. The number of aliphatic hydroxyl groups is 1. The van der Waals surface area contributed by atoms with Crippen LogP contribution in [0.3, 0.4) is 0 Å². The van der Waals surface area contributed by atoms with E-state index < -0.39 is 6.10 Å². The summed E-state index contributed by atoms with van der Waals surface area (Å²) in [5.74, 6) is 1.19. The maximum atomic E-state index is 10.2. The number of morpholine rings is 1. The first-order valence-corrected chi connectivity index (χ1v) is 8.62. The van der Waals surface area contributed by atoms with E-state index in [1.807, 2.05) is 29.5 Å². The van der Waals surface area contributed by atoms with E-state index in [-0.39, 0.29) is 0 Å². The van der Waals surface area contributed by atoms with Gasteiger partial charge in [-0.3, -0.25) is 9.80 Å². The number of hydrogen-bond donors (Lipinski definition) is 1. The van der Waals surface area contributed by atoms with Crippen molar-refractivity contribution in [2.45, 2.75) is 12.6 Å². The molecule has 0 spiro atoms. The third kappa shape index (κ3) is 4.82. The van der Waals surface area contributed by atoms with E-state index in [1.54, 1.807) is 11.3 Å². The number of aliphatic hydroxyl groups excluding tert-OH is 1.